The molecule has 1 aliphatic heterocycles. The Morgan fingerprint density at radius 3 is 2.62 bits per heavy atom. The summed E-state index contributed by atoms with van der Waals surface area (Å²) in [6, 6.07) is 14.5. The number of rotatable bonds is 2. The first-order chi connectivity index (χ1) is 10.0. The third kappa shape index (κ3) is 2.59. The van der Waals surface area contributed by atoms with Crippen molar-refractivity contribution < 1.29 is 9.44 Å². The highest BCUT2D eigenvalue weighted by Gasteiger charge is 2.40. The number of fused-ring (bicyclic) bond motifs is 1. The van der Waals surface area contributed by atoms with Crippen molar-refractivity contribution >= 4 is 51.5 Å². The van der Waals surface area contributed by atoms with E-state index in [1.54, 1.807) is 12.1 Å². The number of anilines is 1. The Morgan fingerprint density at radius 2 is 1.90 bits per heavy atom. The number of carbonyl (C=O) groups is 1. The van der Waals surface area contributed by atoms with Crippen molar-refractivity contribution in [1.29, 1.82) is 0 Å². The molecule has 106 valence electrons. The van der Waals surface area contributed by atoms with E-state index in [-0.39, 0.29) is 11.7 Å². The lowest BCUT2D eigenvalue weighted by Gasteiger charge is -2.42. The average Bonchev–Trinajstić information content (AvgIpc) is 2.48. The molecule has 0 spiro atoms. The van der Waals surface area contributed by atoms with Crippen LogP contribution in [0.2, 0.25) is 0 Å². The van der Waals surface area contributed by atoms with Crippen LogP contribution < -0.4 is 5.32 Å². The van der Waals surface area contributed by atoms with Gasteiger partial charge in [-0.3, -0.25) is 5.32 Å². The van der Waals surface area contributed by atoms with Gasteiger partial charge in [0.05, 0.1) is 5.69 Å². The molecule has 2 aromatic carbocycles. The highest BCUT2D eigenvalue weighted by atomic mass is 127. The van der Waals surface area contributed by atoms with Gasteiger partial charge in [-0.15, -0.1) is 0 Å². The third-order valence-electron chi connectivity index (χ3n) is 3.36. The first-order valence-corrected chi connectivity index (χ1v) is 7.78. The van der Waals surface area contributed by atoms with Crippen LogP contribution in [0.1, 0.15) is 15.9 Å². The average molecular weight is 410 g/mol. The molecule has 0 radical (unpaired) electrons. The van der Waals surface area contributed by atoms with Crippen molar-refractivity contribution in [3.05, 3.63) is 68.4 Å². The maximum absolute atomic E-state index is 13.0. The minimum Gasteiger partial charge on any atom is -0.617 e. The van der Waals surface area contributed by atoms with Crippen LogP contribution >= 0.6 is 34.8 Å². The predicted molar refractivity (Wildman–Crippen MR) is 93.5 cm³/mol. The van der Waals surface area contributed by atoms with E-state index >= 15 is 0 Å². The largest absolute Gasteiger partial charge is 0.617 e. The summed E-state index contributed by atoms with van der Waals surface area (Å²) in [6.07, 6.45) is 0. The van der Waals surface area contributed by atoms with Crippen molar-refractivity contribution in [3.63, 3.8) is 0 Å². The van der Waals surface area contributed by atoms with Gasteiger partial charge < -0.3 is 5.21 Å². The number of carbonyl (C=O) groups excluding carboxylic acids is 1. The number of benzene rings is 2. The van der Waals surface area contributed by atoms with E-state index in [0.29, 0.717) is 11.3 Å². The summed E-state index contributed by atoms with van der Waals surface area (Å²) in [5, 5.41) is 15.9. The standard InChI is InChI=1S/C15H11IN2O2S/c16-11-6-7-13-12(8-11)14(19)18(20,15(21)17-13)9-10-4-2-1-3-5-10/h1-8H,9H2,(H,17,21). The van der Waals surface area contributed by atoms with E-state index in [1.807, 2.05) is 36.4 Å². The highest BCUT2D eigenvalue weighted by Crippen LogP contribution is 2.31. The van der Waals surface area contributed by atoms with Gasteiger partial charge in [-0.05, 0) is 40.8 Å². The molecule has 1 amide bonds. The molecule has 0 fully saturated rings. The van der Waals surface area contributed by atoms with Crippen LogP contribution in [0.3, 0.4) is 0 Å². The van der Waals surface area contributed by atoms with Gasteiger partial charge in [-0.2, -0.15) is 0 Å². The molecule has 4 nitrogen and oxygen atoms in total. The van der Waals surface area contributed by atoms with Crippen LogP contribution in [-0.4, -0.2) is 15.7 Å². The van der Waals surface area contributed by atoms with Crippen molar-refractivity contribution in [2.45, 2.75) is 6.54 Å². The van der Waals surface area contributed by atoms with E-state index in [0.717, 1.165) is 9.13 Å². The van der Waals surface area contributed by atoms with E-state index < -0.39 is 10.6 Å². The molecule has 0 saturated heterocycles. The Kier molecular flexibility index (Phi) is 3.78. The lowest BCUT2D eigenvalue weighted by atomic mass is 10.1. The zero-order valence-electron chi connectivity index (χ0n) is 10.9. The highest BCUT2D eigenvalue weighted by molar-refractivity contribution is 14.1. The number of hydrogen-bond acceptors (Lipinski definition) is 3. The molecule has 3 rings (SSSR count). The van der Waals surface area contributed by atoms with Crippen LogP contribution in [-0.2, 0) is 6.54 Å². The SMILES string of the molecule is O=C1c2cc(I)ccc2NC(=S)[N+]1([O-])Cc1ccccc1. The zero-order valence-corrected chi connectivity index (χ0v) is 13.8. The number of quaternary nitrogens is 1. The minimum atomic E-state index is -1.17. The second kappa shape index (κ2) is 5.45. The molecular formula is C15H11IN2O2S. The number of amides is 1. The summed E-state index contributed by atoms with van der Waals surface area (Å²) >= 11 is 7.27. The van der Waals surface area contributed by atoms with Gasteiger partial charge in [-0.25, -0.2) is 9.44 Å². The Morgan fingerprint density at radius 1 is 1.19 bits per heavy atom. The van der Waals surface area contributed by atoms with E-state index in [9.17, 15) is 10.0 Å². The van der Waals surface area contributed by atoms with Gasteiger partial charge in [-0.1, -0.05) is 30.3 Å². The van der Waals surface area contributed by atoms with Gasteiger partial charge in [0, 0.05) is 21.4 Å². The smallest absolute Gasteiger partial charge is 0.355 e. The summed E-state index contributed by atoms with van der Waals surface area (Å²) in [5.74, 6) is -0.517. The third-order valence-corrected chi connectivity index (χ3v) is 4.43. The van der Waals surface area contributed by atoms with Crippen LogP contribution in [0.5, 0.6) is 0 Å². The summed E-state index contributed by atoms with van der Waals surface area (Å²) in [5.41, 5.74) is 1.77. The lowest BCUT2D eigenvalue weighted by Crippen LogP contribution is -2.56. The predicted octanol–water partition coefficient (Wildman–Crippen LogP) is 3.66. The van der Waals surface area contributed by atoms with E-state index in [4.69, 9.17) is 12.2 Å². The summed E-state index contributed by atoms with van der Waals surface area (Å²) < 4.78 is -0.271. The Balaban J connectivity index is 2.03. The van der Waals surface area contributed by atoms with Crippen LogP contribution in [0.25, 0.3) is 0 Å². The second-order valence-corrected chi connectivity index (χ2v) is 6.44. The first-order valence-electron chi connectivity index (χ1n) is 6.30. The molecular weight excluding hydrogens is 399 g/mol. The first kappa shape index (κ1) is 14.6. The van der Waals surface area contributed by atoms with Crippen molar-refractivity contribution in [3.8, 4) is 0 Å². The molecule has 21 heavy (non-hydrogen) atoms. The maximum Gasteiger partial charge on any atom is 0.355 e. The molecule has 0 saturated carbocycles. The monoisotopic (exact) mass is 410 g/mol. The molecule has 1 atom stereocenters. The maximum atomic E-state index is 13.0. The second-order valence-electron chi connectivity index (χ2n) is 4.81. The van der Waals surface area contributed by atoms with Gasteiger partial charge >= 0.3 is 5.91 Å². The Labute approximate surface area is 141 Å². The summed E-state index contributed by atoms with van der Waals surface area (Å²) in [4.78, 5) is 12.6. The van der Waals surface area contributed by atoms with Crippen molar-refractivity contribution in [2.24, 2.45) is 0 Å². The molecule has 6 heteroatoms. The number of halogens is 1. The molecule has 2 aromatic rings. The van der Waals surface area contributed by atoms with Crippen LogP contribution in [0, 0.1) is 8.78 Å². The zero-order chi connectivity index (χ0) is 15.0. The molecule has 0 bridgehead atoms. The quantitative estimate of drug-likeness (QED) is 0.356. The van der Waals surface area contributed by atoms with Gasteiger partial charge in [0.25, 0.3) is 5.11 Å². The summed E-state index contributed by atoms with van der Waals surface area (Å²) in [7, 11) is 0. The van der Waals surface area contributed by atoms with E-state index in [1.165, 1.54) is 0 Å². The topological polar surface area (TPSA) is 52.2 Å². The fourth-order valence-electron chi connectivity index (χ4n) is 2.28. The van der Waals surface area contributed by atoms with Crippen LogP contribution in [0.4, 0.5) is 5.69 Å². The molecule has 0 aliphatic carbocycles. The number of thiocarbonyl (C=S) groups is 1. The molecule has 1 unspecified atom stereocenters. The fraction of sp³-hybridized carbons (Fsp3) is 0.0667. The molecule has 0 aromatic heterocycles. The number of nitrogens with one attached hydrogen (secondary N) is 1. The van der Waals surface area contributed by atoms with Gasteiger partial charge in [0.1, 0.15) is 12.1 Å². The number of hydrogen-bond donors (Lipinski definition) is 1. The fourth-order valence-corrected chi connectivity index (χ4v) is 3.03. The summed E-state index contributed by atoms with van der Waals surface area (Å²) in [6.45, 7) is -0.00355. The van der Waals surface area contributed by atoms with Crippen molar-refractivity contribution in [2.75, 3.05) is 5.32 Å². The van der Waals surface area contributed by atoms with Gasteiger partial charge in [0.2, 0.25) is 0 Å². The van der Waals surface area contributed by atoms with Crippen molar-refractivity contribution in [1.82, 2.24) is 0 Å². The molecule has 1 aliphatic rings. The Bertz CT molecular complexity index is 736. The molecule has 1 N–H and O–H groups in total. The minimum absolute atomic E-state index is 0.00355. The normalized spacial score (nSPS) is 20.9. The van der Waals surface area contributed by atoms with Crippen LogP contribution in [0.15, 0.2) is 48.5 Å². The van der Waals surface area contributed by atoms with E-state index in [2.05, 4.69) is 27.9 Å². The lowest BCUT2D eigenvalue weighted by molar-refractivity contribution is -0.713. The number of nitrogens with zero attached hydrogens (tertiary/aromatic N) is 1. The Hall–Kier alpha value is -1.35. The van der Waals surface area contributed by atoms with Gasteiger partial charge in [0.15, 0.2) is 0 Å². The molecule has 1 heterocycles. The number of hydroxylamine groups is 3.